The molecule has 112 valence electrons. The highest BCUT2D eigenvalue weighted by Crippen LogP contribution is 2.22. The van der Waals surface area contributed by atoms with Crippen LogP contribution in [0.5, 0.6) is 0 Å². The van der Waals surface area contributed by atoms with Crippen molar-refractivity contribution in [1.82, 2.24) is 9.78 Å². The van der Waals surface area contributed by atoms with Crippen molar-refractivity contribution in [2.24, 2.45) is 7.05 Å². The van der Waals surface area contributed by atoms with E-state index < -0.39 is 16.8 Å². The molecule has 1 unspecified atom stereocenters. The first kappa shape index (κ1) is 15.7. The highest BCUT2D eigenvalue weighted by molar-refractivity contribution is 7.84. The third kappa shape index (κ3) is 3.71. The van der Waals surface area contributed by atoms with E-state index in [1.54, 1.807) is 36.0 Å². The van der Waals surface area contributed by atoms with Gasteiger partial charge in [0, 0.05) is 17.5 Å². The van der Waals surface area contributed by atoms with Crippen molar-refractivity contribution < 1.29 is 14.1 Å². The number of aryl methyl sites for hydroxylation is 2. The van der Waals surface area contributed by atoms with Crippen LogP contribution in [-0.4, -0.2) is 25.1 Å². The van der Waals surface area contributed by atoms with Crippen LogP contribution in [0.25, 0.3) is 0 Å². The molecule has 1 heterocycles. The number of carboxylic acid groups (broad SMARTS) is 1. The lowest BCUT2D eigenvalue weighted by atomic mass is 10.2. The highest BCUT2D eigenvalue weighted by atomic mass is 35.5. The summed E-state index contributed by atoms with van der Waals surface area (Å²) in [7, 11) is 0.491. The molecule has 0 aliphatic carbocycles. The summed E-state index contributed by atoms with van der Waals surface area (Å²) < 4.78 is 13.9. The second-order valence-electron chi connectivity index (χ2n) is 4.68. The minimum Gasteiger partial charge on any atom is -0.481 e. The quantitative estimate of drug-likeness (QED) is 0.915. The van der Waals surface area contributed by atoms with E-state index in [4.69, 9.17) is 16.7 Å². The van der Waals surface area contributed by atoms with Crippen molar-refractivity contribution >= 4 is 28.4 Å². The molecule has 5 nitrogen and oxygen atoms in total. The summed E-state index contributed by atoms with van der Waals surface area (Å²) >= 11 is 6.13. The first-order chi connectivity index (χ1) is 9.88. The van der Waals surface area contributed by atoms with Gasteiger partial charge < -0.3 is 5.11 Å². The topological polar surface area (TPSA) is 72.2 Å². The number of hydrogen-bond acceptors (Lipinski definition) is 3. The molecule has 0 amide bonds. The van der Waals surface area contributed by atoms with Gasteiger partial charge in [0.25, 0.3) is 0 Å². The second-order valence-corrected chi connectivity index (χ2v) is 6.49. The van der Waals surface area contributed by atoms with Crippen LogP contribution >= 0.6 is 11.6 Å². The number of hydrogen-bond donors (Lipinski definition) is 1. The molecule has 0 fully saturated rings. The van der Waals surface area contributed by atoms with E-state index in [1.807, 2.05) is 6.92 Å². The van der Waals surface area contributed by atoms with Gasteiger partial charge in [0.15, 0.2) is 0 Å². The third-order valence-electron chi connectivity index (χ3n) is 3.09. The van der Waals surface area contributed by atoms with Crippen LogP contribution in [0, 0.1) is 6.92 Å². The average Bonchev–Trinajstić information content (AvgIpc) is 2.65. The number of rotatable bonds is 5. The molecular weight excluding hydrogens is 312 g/mol. The van der Waals surface area contributed by atoms with Crippen molar-refractivity contribution in [3.8, 4) is 0 Å². The van der Waals surface area contributed by atoms with Gasteiger partial charge in [0.05, 0.1) is 28.7 Å². The molecule has 0 bridgehead atoms. The Morgan fingerprint density at radius 1 is 1.38 bits per heavy atom. The van der Waals surface area contributed by atoms with Gasteiger partial charge in [-0.05, 0) is 24.6 Å². The Hall–Kier alpha value is -1.66. The average molecular weight is 327 g/mol. The number of carbonyl (C=O) groups is 1. The Morgan fingerprint density at radius 3 is 2.48 bits per heavy atom. The Labute approximate surface area is 130 Å². The smallest absolute Gasteiger partial charge is 0.307 e. The molecule has 0 spiro atoms. The van der Waals surface area contributed by atoms with Gasteiger partial charge >= 0.3 is 5.97 Å². The zero-order valence-electron chi connectivity index (χ0n) is 11.7. The number of benzene rings is 1. The molecule has 0 saturated heterocycles. The molecular formula is C14H15ClN2O3S. The van der Waals surface area contributed by atoms with Gasteiger partial charge in [0.1, 0.15) is 5.15 Å². The summed E-state index contributed by atoms with van der Waals surface area (Å²) in [6, 6.07) is 6.74. The lowest BCUT2D eigenvalue weighted by Crippen LogP contribution is -2.01. The summed E-state index contributed by atoms with van der Waals surface area (Å²) in [6.45, 7) is 1.83. The minimum absolute atomic E-state index is 0.0412. The lowest BCUT2D eigenvalue weighted by Gasteiger charge is -2.04. The maximum absolute atomic E-state index is 12.4. The van der Waals surface area contributed by atoms with E-state index in [0.717, 1.165) is 11.3 Å². The van der Waals surface area contributed by atoms with E-state index >= 15 is 0 Å². The molecule has 2 rings (SSSR count). The van der Waals surface area contributed by atoms with E-state index in [-0.39, 0.29) is 12.2 Å². The largest absolute Gasteiger partial charge is 0.481 e. The number of nitrogens with zero attached hydrogens (tertiary/aromatic N) is 2. The Balaban J connectivity index is 2.15. The van der Waals surface area contributed by atoms with Crippen molar-refractivity contribution in [3.63, 3.8) is 0 Å². The molecule has 1 aromatic heterocycles. The molecule has 1 aromatic carbocycles. The fourth-order valence-electron chi connectivity index (χ4n) is 1.99. The number of aliphatic carboxylic acids is 1. The Morgan fingerprint density at radius 2 is 2.00 bits per heavy atom. The summed E-state index contributed by atoms with van der Waals surface area (Å²) in [5.74, 6) is -0.599. The molecule has 21 heavy (non-hydrogen) atoms. The van der Waals surface area contributed by atoms with E-state index in [9.17, 15) is 9.00 Å². The van der Waals surface area contributed by atoms with Gasteiger partial charge in [-0.1, -0.05) is 23.7 Å². The monoisotopic (exact) mass is 326 g/mol. The summed E-state index contributed by atoms with van der Waals surface area (Å²) in [6.07, 6.45) is -0.0412. The predicted octanol–water partition coefficient (Wildman–Crippen LogP) is 2.32. The number of carboxylic acids is 1. The Kier molecular flexibility index (Phi) is 4.80. The number of aromatic nitrogens is 2. The van der Waals surface area contributed by atoms with Crippen molar-refractivity contribution in [2.45, 2.75) is 24.0 Å². The molecule has 2 aromatic rings. The van der Waals surface area contributed by atoms with Crippen molar-refractivity contribution in [3.05, 3.63) is 46.2 Å². The van der Waals surface area contributed by atoms with Gasteiger partial charge in [-0.15, -0.1) is 0 Å². The zero-order valence-corrected chi connectivity index (χ0v) is 13.2. The van der Waals surface area contributed by atoms with Gasteiger partial charge in [-0.3, -0.25) is 13.7 Å². The van der Waals surface area contributed by atoms with Crippen LogP contribution < -0.4 is 0 Å². The van der Waals surface area contributed by atoms with Gasteiger partial charge in [-0.2, -0.15) is 5.10 Å². The van der Waals surface area contributed by atoms with Crippen LogP contribution in [0.3, 0.4) is 0 Å². The molecule has 7 heteroatoms. The first-order valence-corrected chi connectivity index (χ1v) is 7.95. The maximum Gasteiger partial charge on any atom is 0.307 e. The normalized spacial score (nSPS) is 12.3. The standard InChI is InChI=1S/C14H15ClN2O3S/c1-9-12(14(15)17(2)16-9)8-21(20)11-5-3-10(4-6-11)7-13(18)19/h3-6H,7-8H2,1-2H3,(H,18,19). The van der Waals surface area contributed by atoms with Crippen LogP contribution in [0.1, 0.15) is 16.8 Å². The fraction of sp³-hybridized carbons (Fsp3) is 0.286. The molecule has 0 aliphatic rings. The van der Waals surface area contributed by atoms with Gasteiger partial charge in [-0.25, -0.2) is 0 Å². The molecule has 0 aliphatic heterocycles. The summed E-state index contributed by atoms with van der Waals surface area (Å²) in [5, 5.41) is 13.4. The molecule has 0 radical (unpaired) electrons. The number of halogens is 1. The van der Waals surface area contributed by atoms with Crippen molar-refractivity contribution in [1.29, 1.82) is 0 Å². The maximum atomic E-state index is 12.4. The van der Waals surface area contributed by atoms with Crippen LogP contribution in [-0.2, 0) is 34.8 Å². The zero-order chi connectivity index (χ0) is 15.6. The fourth-order valence-corrected chi connectivity index (χ4v) is 3.52. The molecule has 1 atom stereocenters. The molecule has 1 N–H and O–H groups in total. The van der Waals surface area contributed by atoms with E-state index in [1.165, 1.54) is 0 Å². The van der Waals surface area contributed by atoms with Crippen LogP contribution in [0.15, 0.2) is 29.2 Å². The first-order valence-electron chi connectivity index (χ1n) is 6.25. The molecule has 0 saturated carbocycles. The van der Waals surface area contributed by atoms with Crippen molar-refractivity contribution in [2.75, 3.05) is 0 Å². The van der Waals surface area contributed by atoms with Crippen LogP contribution in [0.4, 0.5) is 0 Å². The Bertz CT molecular complexity index is 695. The van der Waals surface area contributed by atoms with E-state index in [0.29, 0.717) is 15.6 Å². The highest BCUT2D eigenvalue weighted by Gasteiger charge is 2.15. The second kappa shape index (κ2) is 6.41. The lowest BCUT2D eigenvalue weighted by molar-refractivity contribution is -0.136. The van der Waals surface area contributed by atoms with E-state index in [2.05, 4.69) is 5.10 Å². The minimum atomic E-state index is -1.25. The summed E-state index contributed by atoms with van der Waals surface area (Å²) in [5.41, 5.74) is 2.21. The predicted molar refractivity (Wildman–Crippen MR) is 80.8 cm³/mol. The summed E-state index contributed by atoms with van der Waals surface area (Å²) in [4.78, 5) is 11.3. The van der Waals surface area contributed by atoms with Gasteiger partial charge in [0.2, 0.25) is 0 Å². The third-order valence-corrected chi connectivity index (χ3v) is 4.91. The SMILES string of the molecule is Cc1nn(C)c(Cl)c1CS(=O)c1ccc(CC(=O)O)cc1. The van der Waals surface area contributed by atoms with Crippen LogP contribution in [0.2, 0.25) is 5.15 Å².